The number of ether oxygens (including phenoxy) is 1. The Morgan fingerprint density at radius 2 is 2.13 bits per heavy atom. The van der Waals surface area contributed by atoms with Crippen LogP contribution in [-0.4, -0.2) is 24.1 Å². The van der Waals surface area contributed by atoms with Crippen molar-refractivity contribution in [1.29, 1.82) is 0 Å². The summed E-state index contributed by atoms with van der Waals surface area (Å²) in [6.45, 7) is 3.87. The highest BCUT2D eigenvalue weighted by atomic mass is 16.6. The number of furan rings is 1. The maximum absolute atomic E-state index is 12.2. The van der Waals surface area contributed by atoms with E-state index in [0.717, 1.165) is 54.9 Å². The molecule has 0 bridgehead atoms. The summed E-state index contributed by atoms with van der Waals surface area (Å²) in [5, 5.41) is 0. The Morgan fingerprint density at radius 1 is 1.30 bits per heavy atom. The number of rotatable bonds is 4. The molecule has 0 fully saturated rings. The van der Waals surface area contributed by atoms with Crippen molar-refractivity contribution in [3.05, 3.63) is 47.7 Å². The molecule has 0 spiro atoms. The second kappa shape index (κ2) is 7.36. The molecule has 0 N–H and O–H groups in total. The molecule has 1 aliphatic rings. The first-order valence-corrected chi connectivity index (χ1v) is 8.36. The van der Waals surface area contributed by atoms with Crippen LogP contribution in [0.4, 0.5) is 4.79 Å². The molecule has 4 nitrogen and oxygen atoms in total. The van der Waals surface area contributed by atoms with E-state index in [9.17, 15) is 4.79 Å². The number of amides is 1. The van der Waals surface area contributed by atoms with Crippen LogP contribution in [0.2, 0.25) is 0 Å². The lowest BCUT2D eigenvalue weighted by atomic mass is 10.1. The fourth-order valence-corrected chi connectivity index (χ4v) is 2.82. The lowest BCUT2D eigenvalue weighted by Gasteiger charge is -2.19. The zero-order valence-electron chi connectivity index (χ0n) is 13.6. The molecule has 2 heterocycles. The van der Waals surface area contributed by atoms with Crippen LogP contribution in [0, 0.1) is 0 Å². The fourth-order valence-electron chi connectivity index (χ4n) is 2.82. The van der Waals surface area contributed by atoms with Crippen LogP contribution in [0.1, 0.15) is 37.5 Å². The number of carbonyl (C=O) groups is 1. The van der Waals surface area contributed by atoms with Gasteiger partial charge in [-0.15, -0.1) is 0 Å². The van der Waals surface area contributed by atoms with Gasteiger partial charge in [0.1, 0.15) is 11.5 Å². The van der Waals surface area contributed by atoms with Crippen molar-refractivity contribution in [2.75, 3.05) is 13.2 Å². The van der Waals surface area contributed by atoms with Gasteiger partial charge in [0.25, 0.3) is 0 Å². The lowest BCUT2D eigenvalue weighted by molar-refractivity contribution is 0.0990. The van der Waals surface area contributed by atoms with Gasteiger partial charge in [0.15, 0.2) is 0 Å². The molecule has 122 valence electrons. The van der Waals surface area contributed by atoms with Crippen molar-refractivity contribution < 1.29 is 13.9 Å². The molecule has 2 aromatic rings. The quantitative estimate of drug-likeness (QED) is 0.773. The zero-order valence-corrected chi connectivity index (χ0v) is 13.6. The van der Waals surface area contributed by atoms with E-state index in [1.807, 2.05) is 30.3 Å². The Morgan fingerprint density at radius 3 is 2.91 bits per heavy atom. The molecule has 1 aliphatic heterocycles. The summed E-state index contributed by atoms with van der Waals surface area (Å²) in [4.78, 5) is 14.0. The summed E-state index contributed by atoms with van der Waals surface area (Å²) in [6, 6.07) is 12.1. The lowest BCUT2D eigenvalue weighted by Crippen LogP contribution is -2.31. The molecule has 0 radical (unpaired) electrons. The van der Waals surface area contributed by atoms with Gasteiger partial charge in [0, 0.05) is 24.1 Å². The van der Waals surface area contributed by atoms with E-state index in [0.29, 0.717) is 13.2 Å². The third kappa shape index (κ3) is 3.76. The summed E-state index contributed by atoms with van der Waals surface area (Å²) in [5.41, 5.74) is 2.16. The predicted molar refractivity (Wildman–Crippen MR) is 89.1 cm³/mol. The molecule has 0 saturated heterocycles. The fraction of sp³-hybridized carbons (Fsp3) is 0.421. The highest BCUT2D eigenvalue weighted by Gasteiger charge is 2.23. The van der Waals surface area contributed by atoms with Crippen LogP contribution in [0.25, 0.3) is 11.3 Å². The normalized spacial score (nSPS) is 14.2. The molecule has 1 amide bonds. The van der Waals surface area contributed by atoms with Gasteiger partial charge in [-0.25, -0.2) is 4.79 Å². The monoisotopic (exact) mass is 313 g/mol. The highest BCUT2D eigenvalue weighted by Crippen LogP contribution is 2.29. The number of benzene rings is 1. The van der Waals surface area contributed by atoms with Crippen molar-refractivity contribution >= 4 is 6.09 Å². The topological polar surface area (TPSA) is 42.7 Å². The number of aryl methyl sites for hydroxylation is 1. The van der Waals surface area contributed by atoms with E-state index in [4.69, 9.17) is 9.15 Å². The van der Waals surface area contributed by atoms with Crippen LogP contribution < -0.4 is 0 Å². The molecular weight excluding hydrogens is 290 g/mol. The van der Waals surface area contributed by atoms with Crippen LogP contribution in [0.5, 0.6) is 0 Å². The van der Waals surface area contributed by atoms with Crippen LogP contribution in [0.3, 0.4) is 0 Å². The zero-order chi connectivity index (χ0) is 16.1. The molecule has 3 rings (SSSR count). The third-order valence-electron chi connectivity index (χ3n) is 4.13. The third-order valence-corrected chi connectivity index (χ3v) is 4.13. The molecular formula is C19H23NO3. The molecule has 0 atom stereocenters. The molecule has 0 aliphatic carbocycles. The van der Waals surface area contributed by atoms with Crippen LogP contribution in [0.15, 0.2) is 40.8 Å². The summed E-state index contributed by atoms with van der Waals surface area (Å²) in [5.74, 6) is 1.87. The van der Waals surface area contributed by atoms with Gasteiger partial charge in [-0.3, -0.25) is 0 Å². The first kappa shape index (κ1) is 15.7. The van der Waals surface area contributed by atoms with E-state index < -0.39 is 0 Å². The minimum atomic E-state index is -0.214. The Labute approximate surface area is 137 Å². The first-order valence-electron chi connectivity index (χ1n) is 8.36. The molecule has 0 saturated carbocycles. The van der Waals surface area contributed by atoms with E-state index in [-0.39, 0.29) is 6.09 Å². The SMILES string of the molecule is CCCCOC(=O)N1CCCc2oc(-c3ccccc3)cc2C1. The van der Waals surface area contributed by atoms with Crippen molar-refractivity contribution in [3.63, 3.8) is 0 Å². The minimum absolute atomic E-state index is 0.214. The van der Waals surface area contributed by atoms with Crippen molar-refractivity contribution in [3.8, 4) is 11.3 Å². The molecule has 0 unspecified atom stereocenters. The molecule has 4 heteroatoms. The highest BCUT2D eigenvalue weighted by molar-refractivity contribution is 5.68. The van der Waals surface area contributed by atoms with E-state index in [2.05, 4.69) is 13.0 Å². The Bertz CT molecular complexity index is 648. The smallest absolute Gasteiger partial charge is 0.410 e. The number of hydrogen-bond donors (Lipinski definition) is 0. The van der Waals surface area contributed by atoms with Crippen LogP contribution >= 0.6 is 0 Å². The molecule has 1 aromatic carbocycles. The summed E-state index contributed by atoms with van der Waals surface area (Å²) >= 11 is 0. The maximum Gasteiger partial charge on any atom is 0.410 e. The van der Waals surface area contributed by atoms with Crippen molar-refractivity contribution in [2.24, 2.45) is 0 Å². The van der Waals surface area contributed by atoms with Gasteiger partial charge in [-0.05, 0) is 18.9 Å². The van der Waals surface area contributed by atoms with Gasteiger partial charge in [0.05, 0.1) is 13.2 Å². The van der Waals surface area contributed by atoms with Gasteiger partial charge in [-0.2, -0.15) is 0 Å². The largest absolute Gasteiger partial charge is 0.461 e. The molecule has 1 aromatic heterocycles. The van der Waals surface area contributed by atoms with E-state index in [1.54, 1.807) is 4.90 Å². The van der Waals surface area contributed by atoms with Crippen LogP contribution in [-0.2, 0) is 17.7 Å². The summed E-state index contributed by atoms with van der Waals surface area (Å²) < 4.78 is 11.4. The first-order chi connectivity index (χ1) is 11.3. The number of unbranched alkanes of at least 4 members (excludes halogenated alkanes) is 1. The summed E-state index contributed by atoms with van der Waals surface area (Å²) in [6.07, 6.45) is 3.49. The second-order valence-corrected chi connectivity index (χ2v) is 5.92. The van der Waals surface area contributed by atoms with E-state index in [1.165, 1.54) is 0 Å². The average molecular weight is 313 g/mol. The van der Waals surface area contributed by atoms with Crippen molar-refractivity contribution in [2.45, 2.75) is 39.2 Å². The standard InChI is InChI=1S/C19H23NO3/c1-2-3-12-22-19(21)20-11-7-10-17-16(14-20)13-18(23-17)15-8-5-4-6-9-15/h4-6,8-9,13H,2-3,7,10-12,14H2,1H3. The summed E-state index contributed by atoms with van der Waals surface area (Å²) in [7, 11) is 0. The Kier molecular flexibility index (Phi) is 5.01. The maximum atomic E-state index is 12.2. The number of nitrogens with zero attached hydrogens (tertiary/aromatic N) is 1. The van der Waals surface area contributed by atoms with Gasteiger partial charge in [-0.1, -0.05) is 43.7 Å². The Hall–Kier alpha value is -2.23. The molecule has 23 heavy (non-hydrogen) atoms. The van der Waals surface area contributed by atoms with Crippen molar-refractivity contribution in [1.82, 2.24) is 4.90 Å². The van der Waals surface area contributed by atoms with Gasteiger partial charge in [0.2, 0.25) is 0 Å². The van der Waals surface area contributed by atoms with Gasteiger partial charge < -0.3 is 14.1 Å². The number of hydrogen-bond acceptors (Lipinski definition) is 3. The van der Waals surface area contributed by atoms with Gasteiger partial charge >= 0.3 is 6.09 Å². The number of fused-ring (bicyclic) bond motifs is 1. The minimum Gasteiger partial charge on any atom is -0.461 e. The predicted octanol–water partition coefficient (Wildman–Crippen LogP) is 4.63. The van der Waals surface area contributed by atoms with E-state index >= 15 is 0 Å². The second-order valence-electron chi connectivity index (χ2n) is 5.92. The Balaban J connectivity index is 1.72. The average Bonchev–Trinajstić information content (AvgIpc) is 2.87. The number of carbonyl (C=O) groups excluding carboxylic acids is 1.